The van der Waals surface area contributed by atoms with Crippen LogP contribution in [0.25, 0.3) is 0 Å². The third kappa shape index (κ3) is 9.18. The van der Waals surface area contributed by atoms with Gasteiger partial charge in [-0.3, -0.25) is 19.2 Å². The molecule has 0 bridgehead atoms. The summed E-state index contributed by atoms with van der Waals surface area (Å²) in [6.07, 6.45) is -2.44. The average Bonchev–Trinajstić information content (AvgIpc) is 2.34. The summed E-state index contributed by atoms with van der Waals surface area (Å²) in [6.45, 7) is -0.712. The van der Waals surface area contributed by atoms with Crippen molar-refractivity contribution in [2.75, 3.05) is 19.7 Å². The zero-order chi connectivity index (χ0) is 16.4. The van der Waals surface area contributed by atoms with Crippen LogP contribution in [0.1, 0.15) is 12.8 Å². The van der Waals surface area contributed by atoms with Crippen molar-refractivity contribution in [2.24, 2.45) is 0 Å². The minimum Gasteiger partial charge on any atom is -0.481 e. The second kappa shape index (κ2) is 9.50. The number of rotatable bonds is 11. The number of carboxylic acid groups (broad SMARTS) is 4. The van der Waals surface area contributed by atoms with E-state index in [0.717, 1.165) is 4.90 Å². The summed E-state index contributed by atoms with van der Waals surface area (Å²) in [5.74, 6) is -3.93. The summed E-state index contributed by atoms with van der Waals surface area (Å²) in [4.78, 5) is 47.7. The van der Waals surface area contributed by atoms with Crippen LogP contribution in [0.3, 0.4) is 0 Å². The highest BCUT2D eigenvalue weighted by Gasteiger charge is 2.21. The number of carboxylic acids is 3. The maximum atomic E-state index is 10.8. The van der Waals surface area contributed by atoms with E-state index in [0.29, 0.717) is 0 Å². The highest BCUT2D eigenvalue weighted by molar-refractivity contribution is 5.80. The predicted molar refractivity (Wildman–Crippen MR) is 64.6 cm³/mol. The van der Waals surface area contributed by atoms with Crippen molar-refractivity contribution in [3.8, 4) is 0 Å². The molecule has 11 nitrogen and oxygen atoms in total. The van der Waals surface area contributed by atoms with E-state index >= 15 is 0 Å². The Morgan fingerprint density at radius 3 is 2.05 bits per heavy atom. The van der Waals surface area contributed by atoms with Gasteiger partial charge in [-0.1, -0.05) is 0 Å². The number of nitrogens with zero attached hydrogens (tertiary/aromatic N) is 1. The van der Waals surface area contributed by atoms with Crippen molar-refractivity contribution in [2.45, 2.75) is 18.9 Å². The van der Waals surface area contributed by atoms with Gasteiger partial charge >= 0.3 is 24.0 Å². The van der Waals surface area contributed by atoms with Gasteiger partial charge in [-0.2, -0.15) is 5.48 Å². The van der Waals surface area contributed by atoms with Gasteiger partial charge in [-0.15, -0.1) is 0 Å². The molecule has 1 amide bonds. The molecule has 0 aliphatic carbocycles. The first-order valence-corrected chi connectivity index (χ1v) is 5.75. The second-order valence-electron chi connectivity index (χ2n) is 3.87. The van der Waals surface area contributed by atoms with Crippen molar-refractivity contribution >= 4 is 24.0 Å². The Morgan fingerprint density at radius 2 is 1.62 bits per heavy atom. The highest BCUT2D eigenvalue weighted by Crippen LogP contribution is 1.95. The van der Waals surface area contributed by atoms with Crippen LogP contribution >= 0.6 is 0 Å². The van der Waals surface area contributed by atoms with E-state index in [1.54, 1.807) is 0 Å². The van der Waals surface area contributed by atoms with E-state index in [-0.39, 0.29) is 26.1 Å². The van der Waals surface area contributed by atoms with Crippen LogP contribution in [0.4, 0.5) is 4.79 Å². The van der Waals surface area contributed by atoms with Gasteiger partial charge in [0.05, 0.1) is 19.4 Å². The summed E-state index contributed by atoms with van der Waals surface area (Å²) >= 11 is 0. The van der Waals surface area contributed by atoms with Crippen molar-refractivity contribution in [1.29, 1.82) is 0 Å². The lowest BCUT2D eigenvalue weighted by molar-refractivity contribution is -0.150. The fraction of sp³-hybridized carbons (Fsp3) is 0.600. The van der Waals surface area contributed by atoms with Crippen LogP contribution in [-0.2, 0) is 19.2 Å². The van der Waals surface area contributed by atoms with Crippen molar-refractivity contribution < 1.29 is 44.4 Å². The third-order valence-electron chi connectivity index (χ3n) is 2.23. The molecule has 0 aromatic heterocycles. The SMILES string of the molecule is O=C(O)CCN(CCONC(CC(=O)O)C(=O)O)C(=O)O. The van der Waals surface area contributed by atoms with Crippen LogP contribution in [0, 0.1) is 0 Å². The zero-order valence-electron chi connectivity index (χ0n) is 10.9. The first-order chi connectivity index (χ1) is 9.73. The molecule has 0 heterocycles. The van der Waals surface area contributed by atoms with E-state index in [1.807, 2.05) is 5.48 Å². The van der Waals surface area contributed by atoms with Crippen LogP contribution < -0.4 is 5.48 Å². The molecule has 21 heavy (non-hydrogen) atoms. The summed E-state index contributed by atoms with van der Waals surface area (Å²) in [6, 6.07) is -1.47. The Hall–Kier alpha value is -2.40. The van der Waals surface area contributed by atoms with E-state index in [9.17, 15) is 19.2 Å². The molecule has 0 saturated heterocycles. The quantitative estimate of drug-likeness (QED) is 0.232. The highest BCUT2D eigenvalue weighted by atomic mass is 16.6. The molecule has 0 saturated carbocycles. The Bertz CT molecular complexity index is 398. The molecule has 11 heteroatoms. The zero-order valence-corrected chi connectivity index (χ0v) is 10.9. The number of nitrogens with one attached hydrogen (secondary N) is 1. The van der Waals surface area contributed by atoms with Crippen LogP contribution in [0.15, 0.2) is 0 Å². The van der Waals surface area contributed by atoms with Gasteiger partial charge in [-0.25, -0.2) is 4.79 Å². The standard InChI is InChI=1S/C10H16N2O9/c13-7(14)1-2-12(10(19)20)3-4-21-11-6(9(17)18)5-8(15)16/h6,11H,1-5H2,(H,13,14)(H,15,16)(H,17,18)(H,19,20). The second-order valence-corrected chi connectivity index (χ2v) is 3.87. The Morgan fingerprint density at radius 1 is 1.00 bits per heavy atom. The molecule has 120 valence electrons. The molecular weight excluding hydrogens is 292 g/mol. The molecule has 0 aliphatic heterocycles. The smallest absolute Gasteiger partial charge is 0.407 e. The van der Waals surface area contributed by atoms with Gasteiger partial charge in [0.25, 0.3) is 0 Å². The lowest BCUT2D eigenvalue weighted by Crippen LogP contribution is -2.41. The molecule has 0 radical (unpaired) electrons. The topological polar surface area (TPSA) is 174 Å². The number of hydrogen-bond donors (Lipinski definition) is 5. The summed E-state index contributed by atoms with van der Waals surface area (Å²) in [5, 5.41) is 34.4. The minimum absolute atomic E-state index is 0.199. The normalized spacial score (nSPS) is 11.6. The summed E-state index contributed by atoms with van der Waals surface area (Å²) < 4.78 is 0. The van der Waals surface area contributed by atoms with Crippen molar-refractivity contribution in [1.82, 2.24) is 10.4 Å². The van der Waals surface area contributed by atoms with Crippen molar-refractivity contribution in [3.63, 3.8) is 0 Å². The van der Waals surface area contributed by atoms with Gasteiger partial charge < -0.3 is 25.3 Å². The maximum absolute atomic E-state index is 10.8. The number of hydrogen-bond acceptors (Lipinski definition) is 6. The molecule has 5 N–H and O–H groups in total. The van der Waals surface area contributed by atoms with E-state index in [2.05, 4.69) is 0 Å². The fourth-order valence-electron chi connectivity index (χ4n) is 1.20. The van der Waals surface area contributed by atoms with E-state index in [1.165, 1.54) is 0 Å². The van der Waals surface area contributed by atoms with Crippen LogP contribution in [0.2, 0.25) is 0 Å². The molecule has 0 aromatic rings. The molecule has 1 unspecified atom stereocenters. The Labute approximate surface area is 118 Å². The van der Waals surface area contributed by atoms with Gasteiger partial charge in [0.1, 0.15) is 6.04 Å². The number of amides is 1. The largest absolute Gasteiger partial charge is 0.481 e. The van der Waals surface area contributed by atoms with Gasteiger partial charge in [0, 0.05) is 13.1 Å². The first-order valence-electron chi connectivity index (χ1n) is 5.75. The molecule has 0 aromatic carbocycles. The predicted octanol–water partition coefficient (Wildman–Crippen LogP) is -1.11. The minimum atomic E-state index is -1.47. The summed E-state index contributed by atoms with van der Waals surface area (Å²) in [7, 11) is 0. The summed E-state index contributed by atoms with van der Waals surface area (Å²) in [5.41, 5.74) is 1.99. The lowest BCUT2D eigenvalue weighted by Gasteiger charge is -2.19. The molecule has 0 spiro atoms. The average molecular weight is 308 g/mol. The molecule has 1 atom stereocenters. The molecule has 0 aliphatic rings. The molecule has 0 rings (SSSR count). The van der Waals surface area contributed by atoms with Gasteiger partial charge in [-0.05, 0) is 0 Å². The lowest BCUT2D eigenvalue weighted by atomic mass is 10.2. The molecular formula is C10H16N2O9. The van der Waals surface area contributed by atoms with Crippen LogP contribution in [0.5, 0.6) is 0 Å². The number of hydroxylamine groups is 1. The van der Waals surface area contributed by atoms with E-state index in [4.69, 9.17) is 25.3 Å². The Kier molecular flexibility index (Phi) is 8.41. The third-order valence-corrected chi connectivity index (χ3v) is 2.23. The van der Waals surface area contributed by atoms with Gasteiger partial charge in [0.2, 0.25) is 0 Å². The molecule has 0 fully saturated rings. The van der Waals surface area contributed by atoms with Crippen LogP contribution in [-0.4, -0.2) is 75.1 Å². The maximum Gasteiger partial charge on any atom is 0.407 e. The Balaban J connectivity index is 4.13. The fourth-order valence-corrected chi connectivity index (χ4v) is 1.20. The number of carbonyl (C=O) groups is 4. The van der Waals surface area contributed by atoms with E-state index < -0.39 is 36.5 Å². The van der Waals surface area contributed by atoms with Crippen molar-refractivity contribution in [3.05, 3.63) is 0 Å². The monoisotopic (exact) mass is 308 g/mol. The van der Waals surface area contributed by atoms with Gasteiger partial charge in [0.15, 0.2) is 0 Å². The first kappa shape index (κ1) is 18.6. The number of aliphatic carboxylic acids is 3.